The summed E-state index contributed by atoms with van der Waals surface area (Å²) in [7, 11) is -2.31. The summed E-state index contributed by atoms with van der Waals surface area (Å²) in [6, 6.07) is 18.3. The Kier molecular flexibility index (Phi) is 13.4. The summed E-state index contributed by atoms with van der Waals surface area (Å²) in [6.07, 6.45) is 1.79. The highest BCUT2D eigenvalue weighted by Crippen LogP contribution is 2.30. The molecule has 3 aromatic rings. The van der Waals surface area contributed by atoms with Crippen molar-refractivity contribution in [3.63, 3.8) is 0 Å². The first-order valence-electron chi connectivity index (χ1n) is 17.0. The molecule has 3 amide bonds. The van der Waals surface area contributed by atoms with Crippen LogP contribution >= 0.6 is 0 Å². The van der Waals surface area contributed by atoms with Crippen molar-refractivity contribution >= 4 is 44.8 Å². The number of benzene rings is 3. The highest BCUT2D eigenvalue weighted by Gasteiger charge is 2.33. The summed E-state index contributed by atoms with van der Waals surface area (Å²) >= 11 is 0. The van der Waals surface area contributed by atoms with Crippen molar-refractivity contribution in [2.45, 2.75) is 76.3 Å². The number of carbonyl (C=O) groups excluding carboxylic acids is 3. The fourth-order valence-corrected chi connectivity index (χ4v) is 6.94. The van der Waals surface area contributed by atoms with Gasteiger partial charge in [0.2, 0.25) is 27.7 Å². The Hall–Kier alpha value is -4.46. The lowest BCUT2D eigenvalue weighted by Gasteiger charge is -2.33. The van der Waals surface area contributed by atoms with E-state index in [2.05, 4.69) is 10.6 Å². The molecule has 0 fully saturated rings. The Morgan fingerprint density at radius 2 is 1.68 bits per heavy atom. The van der Waals surface area contributed by atoms with Gasteiger partial charge in [0.15, 0.2) is 0 Å². The van der Waals surface area contributed by atoms with Crippen molar-refractivity contribution < 1.29 is 32.6 Å². The normalized spacial score (nSPS) is 17.2. The van der Waals surface area contributed by atoms with E-state index in [1.165, 1.54) is 11.4 Å². The largest absolute Gasteiger partial charge is 0.488 e. The van der Waals surface area contributed by atoms with Crippen LogP contribution < -0.4 is 21.1 Å². The number of para-hydroxylation sites is 2. The van der Waals surface area contributed by atoms with Gasteiger partial charge in [0.25, 0.3) is 0 Å². The van der Waals surface area contributed by atoms with Gasteiger partial charge in [0.1, 0.15) is 11.9 Å². The summed E-state index contributed by atoms with van der Waals surface area (Å²) < 4.78 is 34.6. The van der Waals surface area contributed by atoms with Crippen molar-refractivity contribution in [3.8, 4) is 5.75 Å². The molecule has 270 valence electrons. The molecule has 0 unspecified atom stereocenters. The zero-order valence-corrected chi connectivity index (χ0v) is 30.0. The first-order valence-corrected chi connectivity index (χ1v) is 18.4. The maximum absolute atomic E-state index is 13.6. The van der Waals surface area contributed by atoms with E-state index in [4.69, 9.17) is 10.5 Å². The molecule has 3 atom stereocenters. The van der Waals surface area contributed by atoms with Crippen LogP contribution in [0, 0.1) is 12.8 Å². The number of aliphatic hydroxyl groups excluding tert-OH is 1. The van der Waals surface area contributed by atoms with E-state index in [0.717, 1.165) is 5.56 Å². The number of likely N-dealkylation sites (N-methyl/N-ethyl adjacent to an activating group) is 1. The van der Waals surface area contributed by atoms with Crippen LogP contribution in [0.25, 0.3) is 0 Å². The Balaban J connectivity index is 1.41. The van der Waals surface area contributed by atoms with Crippen LogP contribution in [0.4, 0.5) is 17.1 Å². The van der Waals surface area contributed by atoms with E-state index in [1.807, 2.05) is 13.8 Å². The molecule has 50 heavy (non-hydrogen) atoms. The van der Waals surface area contributed by atoms with Crippen LogP contribution in [0.5, 0.6) is 5.75 Å². The average Bonchev–Trinajstić information content (AvgIpc) is 3.12. The second-order valence-corrected chi connectivity index (χ2v) is 15.1. The Morgan fingerprint density at radius 3 is 2.34 bits per heavy atom. The number of ether oxygens (including phenoxy) is 1. The molecular weight excluding hydrogens is 659 g/mol. The maximum Gasteiger partial charge on any atom is 0.242 e. The van der Waals surface area contributed by atoms with E-state index < -0.39 is 22.2 Å². The first-order chi connectivity index (χ1) is 23.8. The van der Waals surface area contributed by atoms with Gasteiger partial charge in [-0.05, 0) is 69.2 Å². The predicted molar refractivity (Wildman–Crippen MR) is 194 cm³/mol. The lowest BCUT2D eigenvalue weighted by molar-refractivity contribution is -0.134. The number of fused-ring (bicyclic) bond motifs is 1. The molecule has 4 rings (SSSR count). The van der Waals surface area contributed by atoms with Crippen molar-refractivity contribution in [2.24, 2.45) is 5.92 Å². The number of nitrogen functional groups attached to an aromatic ring is 1. The Morgan fingerprint density at radius 1 is 1.02 bits per heavy atom. The molecule has 13 heteroatoms. The molecule has 1 aliphatic heterocycles. The van der Waals surface area contributed by atoms with Gasteiger partial charge in [0, 0.05) is 43.6 Å². The Bertz CT molecular complexity index is 1750. The molecular formula is C37H49N5O7S. The molecule has 0 spiro atoms. The van der Waals surface area contributed by atoms with Gasteiger partial charge in [-0.2, -0.15) is 4.31 Å². The fraction of sp³-hybridized carbons (Fsp3) is 0.432. The standard InChI is InChI=1S/C37H49N5O7S/c1-25-14-17-30(18-15-25)50(47,48)41(4)23-34-26(2)22-42(27(3)24-43)37(46)21-28-20-29(16-19-33(28)49-34)39-35(44)12-6-5-7-13-36(45)40-32-11-9-8-10-31(32)38/h8-11,14-20,26-27,34,43H,5-7,12-13,21-24,38H2,1-4H3,(H,39,44)(H,40,45)/t26-,27-,34+/m0/s1. The predicted octanol–water partition coefficient (Wildman–Crippen LogP) is 4.57. The van der Waals surface area contributed by atoms with E-state index >= 15 is 0 Å². The van der Waals surface area contributed by atoms with Crippen molar-refractivity contribution in [1.29, 1.82) is 0 Å². The van der Waals surface area contributed by atoms with Gasteiger partial charge < -0.3 is 31.1 Å². The molecule has 1 aliphatic rings. The van der Waals surface area contributed by atoms with Crippen LogP contribution in [0.1, 0.15) is 57.1 Å². The quantitative estimate of drug-likeness (QED) is 0.139. The second-order valence-electron chi connectivity index (χ2n) is 13.1. The highest BCUT2D eigenvalue weighted by molar-refractivity contribution is 7.89. The fourth-order valence-electron chi connectivity index (χ4n) is 5.76. The number of aliphatic hydroxyl groups is 1. The van der Waals surface area contributed by atoms with Crippen molar-refractivity contribution in [1.82, 2.24) is 9.21 Å². The maximum atomic E-state index is 13.6. The van der Waals surface area contributed by atoms with E-state index in [0.29, 0.717) is 54.1 Å². The number of unbranched alkanes of at least 4 members (excludes halogenated alkanes) is 2. The number of hydrogen-bond acceptors (Lipinski definition) is 8. The summed E-state index contributed by atoms with van der Waals surface area (Å²) in [5.74, 6) is -0.428. The first kappa shape index (κ1) is 38.3. The third kappa shape index (κ3) is 10.3. The smallest absolute Gasteiger partial charge is 0.242 e. The molecule has 5 N–H and O–H groups in total. The van der Waals surface area contributed by atoms with Gasteiger partial charge in [0.05, 0.1) is 41.9 Å². The van der Waals surface area contributed by atoms with Crippen LogP contribution in [-0.2, 0) is 30.8 Å². The SMILES string of the molecule is Cc1ccc(S(=O)(=O)N(C)C[C@H]2Oc3ccc(NC(=O)CCCCCC(=O)Nc4ccccc4N)cc3CC(=O)N([C@@H](C)CO)C[C@@H]2C)cc1. The molecule has 0 bridgehead atoms. The summed E-state index contributed by atoms with van der Waals surface area (Å²) in [4.78, 5) is 40.4. The molecule has 3 aromatic carbocycles. The average molecular weight is 708 g/mol. The summed E-state index contributed by atoms with van der Waals surface area (Å²) in [5, 5.41) is 15.6. The second kappa shape index (κ2) is 17.5. The minimum Gasteiger partial charge on any atom is -0.488 e. The van der Waals surface area contributed by atoms with Crippen LogP contribution in [0.2, 0.25) is 0 Å². The number of hydrogen-bond donors (Lipinski definition) is 4. The number of rotatable bonds is 14. The number of nitrogens with two attached hydrogens (primary N) is 1. The minimum atomic E-state index is -3.82. The van der Waals surface area contributed by atoms with Crippen molar-refractivity contribution in [2.75, 3.05) is 43.1 Å². The molecule has 0 radical (unpaired) electrons. The van der Waals surface area contributed by atoms with Gasteiger partial charge in [-0.3, -0.25) is 14.4 Å². The van der Waals surface area contributed by atoms with E-state index in [9.17, 15) is 27.9 Å². The highest BCUT2D eigenvalue weighted by atomic mass is 32.2. The number of aryl methyl sites for hydroxylation is 1. The number of carbonyl (C=O) groups is 3. The van der Waals surface area contributed by atoms with Crippen LogP contribution in [0.15, 0.2) is 71.6 Å². The Labute approximate surface area is 295 Å². The van der Waals surface area contributed by atoms with Crippen molar-refractivity contribution in [3.05, 3.63) is 77.9 Å². The number of nitrogens with one attached hydrogen (secondary N) is 2. The van der Waals surface area contributed by atoms with Crippen LogP contribution in [0.3, 0.4) is 0 Å². The lowest BCUT2D eigenvalue weighted by Crippen LogP contribution is -2.48. The van der Waals surface area contributed by atoms with Gasteiger partial charge in [-0.1, -0.05) is 43.2 Å². The number of nitrogens with zero attached hydrogens (tertiary/aromatic N) is 2. The summed E-state index contributed by atoms with van der Waals surface area (Å²) in [6.45, 7) is 5.58. The molecule has 1 heterocycles. The topological polar surface area (TPSA) is 171 Å². The number of amides is 3. The number of sulfonamides is 1. The third-order valence-corrected chi connectivity index (χ3v) is 10.7. The zero-order chi connectivity index (χ0) is 36.4. The molecule has 0 saturated heterocycles. The number of anilines is 3. The molecule has 0 aromatic heterocycles. The minimum absolute atomic E-state index is 0.0206. The monoisotopic (exact) mass is 707 g/mol. The molecule has 0 saturated carbocycles. The third-order valence-electron chi connectivity index (χ3n) is 8.91. The summed E-state index contributed by atoms with van der Waals surface area (Å²) in [5.41, 5.74) is 8.94. The zero-order valence-electron chi connectivity index (χ0n) is 29.2. The van der Waals surface area contributed by atoms with Crippen LogP contribution in [-0.4, -0.2) is 79.3 Å². The van der Waals surface area contributed by atoms with Gasteiger partial charge in [-0.15, -0.1) is 0 Å². The molecule has 12 nitrogen and oxygen atoms in total. The lowest BCUT2D eigenvalue weighted by atomic mass is 10.0. The van der Waals surface area contributed by atoms with E-state index in [1.54, 1.807) is 78.6 Å². The van der Waals surface area contributed by atoms with Gasteiger partial charge in [-0.25, -0.2) is 8.42 Å². The van der Waals surface area contributed by atoms with Gasteiger partial charge >= 0.3 is 0 Å². The van der Waals surface area contributed by atoms with E-state index in [-0.39, 0.29) is 61.1 Å². The molecule has 0 aliphatic carbocycles.